The second kappa shape index (κ2) is 8.51. The summed E-state index contributed by atoms with van der Waals surface area (Å²) >= 11 is 0. The Morgan fingerprint density at radius 2 is 1.89 bits per heavy atom. The molecular weight excluding hydrogens is 460 g/mol. The zero-order valence-corrected chi connectivity index (χ0v) is 19.8. The number of carboxylic acid groups (broad SMARTS) is 1. The molecule has 1 unspecified atom stereocenters. The van der Waals surface area contributed by atoms with Crippen LogP contribution in [0.5, 0.6) is 5.75 Å². The summed E-state index contributed by atoms with van der Waals surface area (Å²) in [6.07, 6.45) is 4.98. The van der Waals surface area contributed by atoms with E-state index in [9.17, 15) is 19.8 Å². The standard InChI is InChI=1S/C27H26N4O5/c1-30-25(33)23(32)21(24-28-19-8-4-5-9-20(19)36-24)29-27(30)31-13-12-16-14-17(26(34)35)10-11-18(16)22(31)15-6-2-3-7-15/h4-5,8-11,14-15,22,32H,2-3,6-7,12-13H2,1H3,(H,34,35). The SMILES string of the molecule is Cn1c(N2CCc3cc(C(=O)O)ccc3C2C2CCCC2)nc(-c2nc3ccccc3o2)c(O)c1=O. The molecule has 1 fully saturated rings. The van der Waals surface area contributed by atoms with Crippen molar-refractivity contribution in [1.29, 1.82) is 0 Å². The van der Waals surface area contributed by atoms with Gasteiger partial charge in [0, 0.05) is 13.6 Å². The van der Waals surface area contributed by atoms with E-state index in [4.69, 9.17) is 9.40 Å². The summed E-state index contributed by atoms with van der Waals surface area (Å²) < 4.78 is 7.21. The lowest BCUT2D eigenvalue weighted by Crippen LogP contribution is -2.42. The maximum Gasteiger partial charge on any atom is 0.335 e. The predicted octanol–water partition coefficient (Wildman–Crippen LogP) is 4.29. The van der Waals surface area contributed by atoms with Crippen molar-refractivity contribution in [1.82, 2.24) is 14.5 Å². The van der Waals surface area contributed by atoms with E-state index in [1.807, 2.05) is 18.2 Å². The van der Waals surface area contributed by atoms with Gasteiger partial charge in [-0.1, -0.05) is 31.0 Å². The maximum absolute atomic E-state index is 13.1. The van der Waals surface area contributed by atoms with Gasteiger partial charge in [-0.25, -0.2) is 14.8 Å². The Labute approximate surface area is 206 Å². The number of hydrogen-bond acceptors (Lipinski definition) is 7. The van der Waals surface area contributed by atoms with Crippen LogP contribution in [0.2, 0.25) is 0 Å². The molecule has 2 aromatic heterocycles. The first-order chi connectivity index (χ1) is 17.4. The predicted molar refractivity (Wildman–Crippen MR) is 133 cm³/mol. The lowest BCUT2D eigenvalue weighted by atomic mass is 9.83. The van der Waals surface area contributed by atoms with E-state index in [0.717, 1.165) is 36.8 Å². The number of aromatic carboxylic acids is 1. The molecule has 0 bridgehead atoms. The highest BCUT2D eigenvalue weighted by atomic mass is 16.4. The molecule has 36 heavy (non-hydrogen) atoms. The minimum absolute atomic E-state index is 0.0153. The van der Waals surface area contributed by atoms with Gasteiger partial charge in [-0.15, -0.1) is 0 Å². The fourth-order valence-electron chi connectivity index (χ4n) is 5.76. The Balaban J connectivity index is 1.50. The molecule has 9 heteroatoms. The fourth-order valence-corrected chi connectivity index (χ4v) is 5.76. The largest absolute Gasteiger partial charge is 0.501 e. The van der Waals surface area contributed by atoms with Crippen LogP contribution < -0.4 is 10.5 Å². The third-order valence-corrected chi connectivity index (χ3v) is 7.51. The average molecular weight is 487 g/mol. The third-order valence-electron chi connectivity index (χ3n) is 7.51. The first kappa shape index (κ1) is 22.3. The summed E-state index contributed by atoms with van der Waals surface area (Å²) in [4.78, 5) is 36.0. The van der Waals surface area contributed by atoms with Gasteiger partial charge in [-0.3, -0.25) is 9.36 Å². The number of fused-ring (bicyclic) bond motifs is 2. The van der Waals surface area contributed by atoms with Crippen molar-refractivity contribution >= 4 is 23.0 Å². The molecule has 2 aliphatic rings. The fraction of sp³-hybridized carbons (Fsp3) is 0.333. The number of hydrogen-bond donors (Lipinski definition) is 2. The molecule has 6 rings (SSSR count). The van der Waals surface area contributed by atoms with E-state index in [0.29, 0.717) is 35.9 Å². The van der Waals surface area contributed by atoms with Crippen LogP contribution in [0.25, 0.3) is 22.7 Å². The van der Waals surface area contributed by atoms with Gasteiger partial charge in [0.15, 0.2) is 11.3 Å². The minimum Gasteiger partial charge on any atom is -0.501 e. The Morgan fingerprint density at radius 3 is 2.64 bits per heavy atom. The van der Waals surface area contributed by atoms with E-state index in [1.165, 1.54) is 4.57 Å². The molecule has 0 radical (unpaired) electrons. The van der Waals surface area contributed by atoms with Crippen molar-refractivity contribution in [3.05, 3.63) is 69.5 Å². The topological polar surface area (TPSA) is 122 Å². The molecular formula is C27H26N4O5. The van der Waals surface area contributed by atoms with Crippen molar-refractivity contribution in [2.45, 2.75) is 38.1 Å². The highest BCUT2D eigenvalue weighted by molar-refractivity contribution is 5.88. The maximum atomic E-state index is 13.1. The minimum atomic E-state index is -0.941. The molecule has 1 saturated carbocycles. The molecule has 9 nitrogen and oxygen atoms in total. The molecule has 3 heterocycles. The van der Waals surface area contributed by atoms with Gasteiger partial charge < -0.3 is 19.5 Å². The Kier molecular flexibility index (Phi) is 5.28. The number of aromatic hydroxyl groups is 1. The van der Waals surface area contributed by atoms with Gasteiger partial charge in [0.2, 0.25) is 11.7 Å². The van der Waals surface area contributed by atoms with Crippen LogP contribution in [0.4, 0.5) is 5.95 Å². The lowest BCUT2D eigenvalue weighted by Gasteiger charge is -2.42. The van der Waals surface area contributed by atoms with Gasteiger partial charge in [0.25, 0.3) is 11.4 Å². The molecule has 184 valence electrons. The molecule has 1 aliphatic carbocycles. The summed E-state index contributed by atoms with van der Waals surface area (Å²) in [5, 5.41) is 20.2. The summed E-state index contributed by atoms with van der Waals surface area (Å²) in [5.41, 5.74) is 2.97. The molecule has 2 N–H and O–H groups in total. The highest BCUT2D eigenvalue weighted by Crippen LogP contribution is 2.45. The smallest absolute Gasteiger partial charge is 0.335 e. The summed E-state index contributed by atoms with van der Waals surface area (Å²) in [6.45, 7) is 0.565. The third kappa shape index (κ3) is 3.54. The number of nitrogens with zero attached hydrogens (tertiary/aromatic N) is 4. The van der Waals surface area contributed by atoms with Crippen molar-refractivity contribution < 1.29 is 19.4 Å². The number of carbonyl (C=O) groups is 1. The second-order valence-corrected chi connectivity index (χ2v) is 9.61. The van der Waals surface area contributed by atoms with Crippen LogP contribution in [-0.2, 0) is 13.5 Å². The Morgan fingerprint density at radius 1 is 1.11 bits per heavy atom. The lowest BCUT2D eigenvalue weighted by molar-refractivity contribution is 0.0696. The number of anilines is 1. The molecule has 0 saturated heterocycles. The van der Waals surface area contributed by atoms with Crippen LogP contribution in [0.3, 0.4) is 0 Å². The van der Waals surface area contributed by atoms with Crippen molar-refractivity contribution in [2.24, 2.45) is 13.0 Å². The van der Waals surface area contributed by atoms with E-state index in [2.05, 4.69) is 9.88 Å². The number of rotatable bonds is 4. The number of para-hydroxylation sites is 2. The summed E-state index contributed by atoms with van der Waals surface area (Å²) in [5.74, 6) is -0.580. The van der Waals surface area contributed by atoms with E-state index >= 15 is 0 Å². The van der Waals surface area contributed by atoms with Gasteiger partial charge in [0.05, 0.1) is 11.6 Å². The molecule has 4 aromatic rings. The van der Waals surface area contributed by atoms with Gasteiger partial charge in [-0.05, 0) is 60.6 Å². The van der Waals surface area contributed by atoms with Crippen LogP contribution in [-0.4, -0.2) is 37.3 Å². The Bertz CT molecular complexity index is 1520. The van der Waals surface area contributed by atoms with Crippen LogP contribution in [0.1, 0.15) is 53.2 Å². The number of aromatic nitrogens is 3. The van der Waals surface area contributed by atoms with Crippen molar-refractivity contribution in [3.63, 3.8) is 0 Å². The number of oxazole rings is 1. The first-order valence-electron chi connectivity index (χ1n) is 12.2. The molecule has 1 aliphatic heterocycles. The van der Waals surface area contributed by atoms with E-state index in [1.54, 1.807) is 31.3 Å². The molecule has 1 atom stereocenters. The normalized spacial score (nSPS) is 18.0. The molecule has 0 spiro atoms. The van der Waals surface area contributed by atoms with Gasteiger partial charge in [-0.2, -0.15) is 0 Å². The van der Waals surface area contributed by atoms with Gasteiger partial charge >= 0.3 is 5.97 Å². The van der Waals surface area contributed by atoms with Crippen LogP contribution in [0.15, 0.2) is 51.7 Å². The quantitative estimate of drug-likeness (QED) is 0.438. The monoisotopic (exact) mass is 486 g/mol. The van der Waals surface area contributed by atoms with Crippen molar-refractivity contribution in [2.75, 3.05) is 11.4 Å². The number of benzene rings is 2. The number of carboxylic acids is 1. The van der Waals surface area contributed by atoms with Crippen LogP contribution >= 0.6 is 0 Å². The zero-order valence-electron chi connectivity index (χ0n) is 19.8. The van der Waals surface area contributed by atoms with E-state index < -0.39 is 17.3 Å². The van der Waals surface area contributed by atoms with Gasteiger partial charge in [0.1, 0.15) is 5.52 Å². The average Bonchev–Trinajstić information content (AvgIpc) is 3.57. The molecule has 0 amide bonds. The van der Waals surface area contributed by atoms with E-state index in [-0.39, 0.29) is 23.2 Å². The van der Waals surface area contributed by atoms with Crippen LogP contribution in [0, 0.1) is 5.92 Å². The Hall–Kier alpha value is -4.14. The molecule has 2 aromatic carbocycles. The summed E-state index contributed by atoms with van der Waals surface area (Å²) in [7, 11) is 1.61. The summed E-state index contributed by atoms with van der Waals surface area (Å²) in [6, 6.07) is 12.5. The first-order valence-corrected chi connectivity index (χ1v) is 12.2. The van der Waals surface area contributed by atoms with Crippen molar-refractivity contribution in [3.8, 4) is 17.3 Å². The zero-order chi connectivity index (χ0) is 25.0. The highest BCUT2D eigenvalue weighted by Gasteiger charge is 2.38. The second-order valence-electron chi connectivity index (χ2n) is 9.61.